The minimum atomic E-state index is -0.252. The van der Waals surface area contributed by atoms with Crippen LogP contribution in [0.5, 0.6) is 5.75 Å². The molecule has 3 heterocycles. The maximum absolute atomic E-state index is 13.6. The Morgan fingerprint density at radius 3 is 2.43 bits per heavy atom. The molecule has 5 nitrogen and oxygen atoms in total. The lowest BCUT2D eigenvalue weighted by molar-refractivity contribution is -0.580. The van der Waals surface area contributed by atoms with Gasteiger partial charge in [-0.15, -0.1) is 16.5 Å². The van der Waals surface area contributed by atoms with Crippen molar-refractivity contribution < 1.29 is 9.47 Å². The largest absolute Gasteiger partial charge is 0.508 e. The highest BCUT2D eigenvalue weighted by molar-refractivity contribution is 7.11. The Labute approximate surface area is 177 Å². The number of phenols is 1. The van der Waals surface area contributed by atoms with Crippen molar-refractivity contribution in [3.05, 3.63) is 104 Å². The molecule has 1 atom stereocenters. The van der Waals surface area contributed by atoms with Crippen LogP contribution in [0.25, 0.3) is 16.7 Å². The molecule has 4 aromatic rings. The second kappa shape index (κ2) is 7.07. The number of hydrogen-bond acceptors (Lipinski definition) is 4. The summed E-state index contributed by atoms with van der Waals surface area (Å²) in [5.74, 6) is 0.171. The van der Waals surface area contributed by atoms with E-state index in [9.17, 15) is 9.90 Å². The van der Waals surface area contributed by atoms with E-state index in [2.05, 4.69) is 6.07 Å². The van der Waals surface area contributed by atoms with Gasteiger partial charge in [-0.1, -0.05) is 52.9 Å². The van der Waals surface area contributed by atoms with Gasteiger partial charge < -0.3 is 5.11 Å². The van der Waals surface area contributed by atoms with Gasteiger partial charge in [0, 0.05) is 4.88 Å². The van der Waals surface area contributed by atoms with Crippen LogP contribution in [-0.2, 0) is 7.05 Å². The summed E-state index contributed by atoms with van der Waals surface area (Å²) >= 11 is 1.65. The highest BCUT2D eigenvalue weighted by Gasteiger charge is 2.34. The fourth-order valence-electron chi connectivity index (χ4n) is 4.03. The highest BCUT2D eigenvalue weighted by atomic mass is 32.1. The van der Waals surface area contributed by atoms with Gasteiger partial charge >= 0.3 is 11.0 Å². The van der Waals surface area contributed by atoms with E-state index in [0.29, 0.717) is 5.56 Å². The first-order valence-corrected chi connectivity index (χ1v) is 10.6. The molecule has 1 unspecified atom stereocenters. The Balaban J connectivity index is 1.89. The van der Waals surface area contributed by atoms with Gasteiger partial charge in [0.15, 0.2) is 6.04 Å². The summed E-state index contributed by atoms with van der Waals surface area (Å²) in [6, 6.07) is 20.6. The molecule has 0 saturated heterocycles. The number of hydrogen-bond donors (Lipinski definition) is 1. The second-order valence-electron chi connectivity index (χ2n) is 7.33. The highest BCUT2D eigenvalue weighted by Crippen LogP contribution is 2.34. The van der Waals surface area contributed by atoms with Crippen LogP contribution in [0.3, 0.4) is 0 Å². The van der Waals surface area contributed by atoms with Crippen LogP contribution >= 0.6 is 11.3 Å². The van der Waals surface area contributed by atoms with Crippen LogP contribution in [0, 0.1) is 6.92 Å². The molecule has 0 bridgehead atoms. The SMILES string of the molecule is Cc1c(-c2ccc(O)cc2)c(=O)[n+]2c(n1C)=C(c1cccs1)C(c1ccccc1)N=2. The monoisotopic (exact) mass is 414 g/mol. The minimum Gasteiger partial charge on any atom is -0.508 e. The van der Waals surface area contributed by atoms with Crippen molar-refractivity contribution in [2.24, 2.45) is 12.2 Å². The van der Waals surface area contributed by atoms with Crippen molar-refractivity contribution in [1.29, 1.82) is 0 Å². The van der Waals surface area contributed by atoms with Gasteiger partial charge in [-0.25, -0.2) is 9.36 Å². The van der Waals surface area contributed by atoms with Crippen LogP contribution in [0.4, 0.5) is 0 Å². The molecular weight excluding hydrogens is 394 g/mol. The van der Waals surface area contributed by atoms with Gasteiger partial charge in [-0.3, -0.25) is 0 Å². The standard InChI is InChI=1S/C24H19N3O2S/c1-15-20(16-10-12-18(28)13-11-16)24(29)27-23(26(15)2)21(19-9-6-14-30-19)22(25-27)17-7-4-3-5-8-17/h3-14,22H,1-2H3/p+1. The van der Waals surface area contributed by atoms with Crippen LogP contribution in [0.15, 0.2) is 82.0 Å². The predicted octanol–water partition coefficient (Wildman–Crippen LogP) is 3.40. The molecule has 1 N–H and O–H groups in total. The van der Waals surface area contributed by atoms with Gasteiger partial charge in [-0.05, 0) is 41.6 Å². The Bertz CT molecular complexity index is 1420. The second-order valence-corrected chi connectivity index (χ2v) is 8.27. The van der Waals surface area contributed by atoms with Crippen LogP contribution in [0.1, 0.15) is 22.2 Å². The number of fused-ring (bicyclic) bond motifs is 1. The summed E-state index contributed by atoms with van der Waals surface area (Å²) < 4.78 is 3.59. The molecule has 2 aromatic heterocycles. The first-order valence-electron chi connectivity index (χ1n) is 9.68. The summed E-state index contributed by atoms with van der Waals surface area (Å²) in [5, 5.41) is 16.6. The van der Waals surface area contributed by atoms with Crippen molar-refractivity contribution in [1.82, 2.24) is 4.57 Å². The van der Waals surface area contributed by atoms with Gasteiger partial charge in [0.25, 0.3) is 0 Å². The van der Waals surface area contributed by atoms with Crippen molar-refractivity contribution in [2.75, 3.05) is 0 Å². The number of thiophene rings is 1. The average Bonchev–Trinajstić information content (AvgIpc) is 3.42. The van der Waals surface area contributed by atoms with Crippen LogP contribution in [0.2, 0.25) is 0 Å². The number of rotatable bonds is 3. The molecule has 6 heteroatoms. The van der Waals surface area contributed by atoms with E-state index in [1.165, 1.54) is 0 Å². The Hall–Kier alpha value is -3.51. The molecular formula is C24H20N3O2S+. The third kappa shape index (κ3) is 2.80. The van der Waals surface area contributed by atoms with Crippen molar-refractivity contribution in [3.8, 4) is 16.9 Å². The van der Waals surface area contributed by atoms with E-state index in [-0.39, 0.29) is 17.4 Å². The predicted molar refractivity (Wildman–Crippen MR) is 117 cm³/mol. The number of benzene rings is 2. The lowest BCUT2D eigenvalue weighted by atomic mass is 9.99. The molecule has 0 amide bonds. The summed E-state index contributed by atoms with van der Waals surface area (Å²) in [4.78, 5) is 14.7. The van der Waals surface area contributed by atoms with Crippen LogP contribution in [-0.4, -0.2) is 9.67 Å². The molecule has 1 aliphatic heterocycles. The maximum Gasteiger partial charge on any atom is 0.370 e. The third-order valence-electron chi connectivity index (χ3n) is 5.59. The van der Waals surface area contributed by atoms with Crippen molar-refractivity contribution in [3.63, 3.8) is 0 Å². The number of phenolic OH excluding ortho intramolecular Hbond substituents is 1. The van der Waals surface area contributed by atoms with Gasteiger partial charge in [0.1, 0.15) is 17.0 Å². The summed E-state index contributed by atoms with van der Waals surface area (Å²) in [7, 11) is 1.97. The quantitative estimate of drug-likeness (QED) is 0.523. The van der Waals surface area contributed by atoms with Crippen molar-refractivity contribution >= 4 is 16.9 Å². The average molecular weight is 415 g/mol. The van der Waals surface area contributed by atoms with Gasteiger partial charge in [0.2, 0.25) is 0 Å². The number of aromatic hydroxyl groups is 1. The summed E-state index contributed by atoms with van der Waals surface area (Å²) in [6.07, 6.45) is 0. The topological polar surface area (TPSA) is 60.5 Å². The molecule has 30 heavy (non-hydrogen) atoms. The summed E-state index contributed by atoms with van der Waals surface area (Å²) in [6.45, 7) is 1.95. The maximum atomic E-state index is 13.6. The van der Waals surface area contributed by atoms with Crippen LogP contribution < -0.4 is 15.4 Å². The zero-order valence-electron chi connectivity index (χ0n) is 16.6. The zero-order chi connectivity index (χ0) is 20.8. The molecule has 0 aliphatic carbocycles. The first-order chi connectivity index (χ1) is 14.6. The lowest BCUT2D eigenvalue weighted by Crippen LogP contribution is -2.54. The lowest BCUT2D eigenvalue weighted by Gasteiger charge is -2.08. The molecule has 1 aliphatic rings. The van der Waals surface area contributed by atoms with Gasteiger partial charge in [0.05, 0.1) is 12.6 Å². The molecule has 148 valence electrons. The van der Waals surface area contributed by atoms with E-state index in [1.807, 2.05) is 60.3 Å². The first kappa shape index (κ1) is 18.5. The Morgan fingerprint density at radius 2 is 1.77 bits per heavy atom. The Kier molecular flexibility index (Phi) is 4.37. The molecule has 0 spiro atoms. The smallest absolute Gasteiger partial charge is 0.370 e. The fourth-order valence-corrected chi connectivity index (χ4v) is 4.82. The van der Waals surface area contributed by atoms with E-state index in [0.717, 1.165) is 32.8 Å². The molecule has 0 saturated carbocycles. The molecule has 0 fully saturated rings. The van der Waals surface area contributed by atoms with E-state index in [1.54, 1.807) is 40.0 Å². The third-order valence-corrected chi connectivity index (χ3v) is 6.50. The molecule has 0 radical (unpaired) electrons. The Morgan fingerprint density at radius 1 is 1.03 bits per heavy atom. The van der Waals surface area contributed by atoms with E-state index in [4.69, 9.17) is 5.11 Å². The zero-order valence-corrected chi connectivity index (χ0v) is 17.4. The minimum absolute atomic E-state index is 0.154. The molecule has 2 aromatic carbocycles. The summed E-state index contributed by atoms with van der Waals surface area (Å²) in [5.41, 5.74) is 4.94. The van der Waals surface area contributed by atoms with Crippen molar-refractivity contribution in [2.45, 2.75) is 13.0 Å². The van der Waals surface area contributed by atoms with Gasteiger partial charge in [-0.2, -0.15) is 0 Å². The number of nitrogens with zero attached hydrogens (tertiary/aromatic N) is 3. The van der Waals surface area contributed by atoms with E-state index < -0.39 is 0 Å². The normalized spacial score (nSPS) is 15.1. The fraction of sp³-hybridized carbons (Fsp3) is 0.125. The molecule has 5 rings (SSSR count). The number of aromatic nitrogens is 2. The van der Waals surface area contributed by atoms with E-state index >= 15 is 0 Å².